The van der Waals surface area contributed by atoms with Gasteiger partial charge in [-0.3, -0.25) is 14.5 Å². The molecule has 2 aromatic rings. The van der Waals surface area contributed by atoms with Gasteiger partial charge in [-0.2, -0.15) is 0 Å². The Kier molecular flexibility index (Phi) is 7.61. The topological polar surface area (TPSA) is 74.6 Å². The number of rotatable bonds is 9. The fourth-order valence-corrected chi connectivity index (χ4v) is 3.18. The Morgan fingerprint density at radius 1 is 1.07 bits per heavy atom. The Morgan fingerprint density at radius 2 is 1.74 bits per heavy atom. The lowest BCUT2D eigenvalue weighted by atomic mass is 10.1. The van der Waals surface area contributed by atoms with Crippen molar-refractivity contribution in [3.05, 3.63) is 59.0 Å². The summed E-state index contributed by atoms with van der Waals surface area (Å²) in [5, 5.41) is 5.59. The molecule has 0 saturated carbocycles. The van der Waals surface area contributed by atoms with E-state index < -0.39 is 0 Å². The van der Waals surface area contributed by atoms with E-state index in [1.807, 2.05) is 18.2 Å². The van der Waals surface area contributed by atoms with Crippen molar-refractivity contribution in [2.24, 2.45) is 0 Å². The molecule has 2 rings (SSSR count). The fraction of sp³-hybridized carbons (Fsp3) is 0.429. The third kappa shape index (κ3) is 5.69. The van der Waals surface area contributed by atoms with E-state index in [4.69, 9.17) is 4.42 Å². The molecule has 0 aliphatic heterocycles. The third-order valence-electron chi connectivity index (χ3n) is 4.63. The first-order chi connectivity index (χ1) is 13.0. The standard InChI is InChI=1S/C21H29N3O3/c1-5-24(6-2)19(17-10-8-7-9-11-17)13-22-20(25)14-23-21(26)18-12-15(3)27-16(18)4/h7-12,19H,5-6,13-14H2,1-4H3,(H,22,25)(H,23,26). The zero-order valence-corrected chi connectivity index (χ0v) is 16.5. The molecule has 1 aromatic heterocycles. The Morgan fingerprint density at radius 3 is 2.30 bits per heavy atom. The predicted molar refractivity (Wildman–Crippen MR) is 106 cm³/mol. The molecule has 6 nitrogen and oxygen atoms in total. The molecule has 0 saturated heterocycles. The van der Waals surface area contributed by atoms with Gasteiger partial charge in [0.2, 0.25) is 5.91 Å². The van der Waals surface area contributed by atoms with Gasteiger partial charge in [-0.1, -0.05) is 44.2 Å². The van der Waals surface area contributed by atoms with E-state index in [1.54, 1.807) is 19.9 Å². The Labute approximate surface area is 160 Å². The minimum absolute atomic E-state index is 0.0672. The van der Waals surface area contributed by atoms with Gasteiger partial charge in [0, 0.05) is 6.54 Å². The molecule has 2 amide bonds. The van der Waals surface area contributed by atoms with Gasteiger partial charge in [0.25, 0.3) is 5.91 Å². The van der Waals surface area contributed by atoms with Crippen LogP contribution in [0.15, 0.2) is 40.8 Å². The highest BCUT2D eigenvalue weighted by Crippen LogP contribution is 2.19. The molecule has 0 fully saturated rings. The number of aryl methyl sites for hydroxylation is 2. The average Bonchev–Trinajstić information content (AvgIpc) is 3.02. The molecule has 1 unspecified atom stereocenters. The summed E-state index contributed by atoms with van der Waals surface area (Å²) in [5.41, 5.74) is 1.63. The summed E-state index contributed by atoms with van der Waals surface area (Å²) in [4.78, 5) is 26.7. The van der Waals surface area contributed by atoms with Crippen LogP contribution in [0, 0.1) is 13.8 Å². The number of hydrogen-bond donors (Lipinski definition) is 2. The molecule has 1 heterocycles. The highest BCUT2D eigenvalue weighted by atomic mass is 16.3. The second-order valence-corrected chi connectivity index (χ2v) is 6.46. The molecule has 0 aliphatic rings. The van der Waals surface area contributed by atoms with E-state index in [9.17, 15) is 9.59 Å². The second-order valence-electron chi connectivity index (χ2n) is 6.46. The summed E-state index contributed by atoms with van der Waals surface area (Å²) in [6, 6.07) is 11.9. The number of carbonyl (C=O) groups excluding carboxylic acids is 2. The molecular weight excluding hydrogens is 342 g/mol. The summed E-state index contributed by atoms with van der Waals surface area (Å²) < 4.78 is 5.35. The minimum Gasteiger partial charge on any atom is -0.466 e. The van der Waals surface area contributed by atoms with Crippen LogP contribution in [0.3, 0.4) is 0 Å². The SMILES string of the molecule is CCN(CC)C(CNC(=O)CNC(=O)c1cc(C)oc1C)c1ccccc1. The summed E-state index contributed by atoms with van der Waals surface area (Å²) in [5.74, 6) is 0.709. The molecule has 0 aliphatic carbocycles. The number of likely N-dealkylation sites (N-methyl/N-ethyl adjacent to an activating group) is 1. The number of benzene rings is 1. The van der Waals surface area contributed by atoms with Crippen molar-refractivity contribution >= 4 is 11.8 Å². The summed E-state index contributed by atoms with van der Waals surface area (Å²) >= 11 is 0. The predicted octanol–water partition coefficient (Wildman–Crippen LogP) is 2.83. The quantitative estimate of drug-likeness (QED) is 0.711. The average molecular weight is 371 g/mol. The van der Waals surface area contributed by atoms with Gasteiger partial charge in [-0.05, 0) is 38.6 Å². The van der Waals surface area contributed by atoms with Crippen molar-refractivity contribution in [3.63, 3.8) is 0 Å². The maximum atomic E-state index is 12.2. The molecule has 146 valence electrons. The second kappa shape index (κ2) is 9.92. The molecule has 1 aromatic carbocycles. The summed E-state index contributed by atoms with van der Waals surface area (Å²) in [7, 11) is 0. The van der Waals surface area contributed by atoms with Gasteiger partial charge in [-0.15, -0.1) is 0 Å². The molecule has 0 spiro atoms. The highest BCUT2D eigenvalue weighted by Gasteiger charge is 2.19. The first kappa shape index (κ1) is 20.7. The molecule has 2 N–H and O–H groups in total. The molecule has 6 heteroatoms. The van der Waals surface area contributed by atoms with Gasteiger partial charge in [0.15, 0.2) is 0 Å². The lowest BCUT2D eigenvalue weighted by Gasteiger charge is -2.30. The van der Waals surface area contributed by atoms with Crippen LogP contribution in [-0.2, 0) is 4.79 Å². The Bertz CT molecular complexity index is 751. The van der Waals surface area contributed by atoms with Crippen molar-refractivity contribution in [1.82, 2.24) is 15.5 Å². The van der Waals surface area contributed by atoms with Gasteiger partial charge in [0.1, 0.15) is 11.5 Å². The van der Waals surface area contributed by atoms with Crippen molar-refractivity contribution in [2.75, 3.05) is 26.2 Å². The van der Waals surface area contributed by atoms with Crippen molar-refractivity contribution in [3.8, 4) is 0 Å². The van der Waals surface area contributed by atoms with E-state index >= 15 is 0 Å². The number of nitrogens with zero attached hydrogens (tertiary/aromatic N) is 1. The van der Waals surface area contributed by atoms with E-state index in [-0.39, 0.29) is 24.4 Å². The number of nitrogens with one attached hydrogen (secondary N) is 2. The van der Waals surface area contributed by atoms with Crippen LogP contribution in [0.25, 0.3) is 0 Å². The Hall–Kier alpha value is -2.60. The van der Waals surface area contributed by atoms with Crippen LogP contribution < -0.4 is 10.6 Å². The number of furan rings is 1. The lowest BCUT2D eigenvalue weighted by Crippen LogP contribution is -2.42. The first-order valence-electron chi connectivity index (χ1n) is 9.37. The van der Waals surface area contributed by atoms with Crippen LogP contribution >= 0.6 is 0 Å². The maximum Gasteiger partial charge on any atom is 0.255 e. The molecule has 27 heavy (non-hydrogen) atoms. The normalized spacial score (nSPS) is 12.0. The number of amides is 2. The van der Waals surface area contributed by atoms with Crippen molar-refractivity contribution in [1.29, 1.82) is 0 Å². The van der Waals surface area contributed by atoms with E-state index in [1.165, 1.54) is 0 Å². The maximum absolute atomic E-state index is 12.2. The molecule has 1 atom stereocenters. The van der Waals surface area contributed by atoms with E-state index in [0.717, 1.165) is 18.7 Å². The molecule has 0 bridgehead atoms. The summed E-state index contributed by atoms with van der Waals surface area (Å²) in [6.45, 7) is 9.94. The highest BCUT2D eigenvalue weighted by molar-refractivity contribution is 5.97. The van der Waals surface area contributed by atoms with Crippen LogP contribution in [0.4, 0.5) is 0 Å². The largest absolute Gasteiger partial charge is 0.466 e. The van der Waals surface area contributed by atoms with Gasteiger partial charge in [-0.25, -0.2) is 0 Å². The smallest absolute Gasteiger partial charge is 0.255 e. The van der Waals surface area contributed by atoms with Gasteiger partial charge < -0.3 is 15.1 Å². The zero-order chi connectivity index (χ0) is 19.8. The van der Waals surface area contributed by atoms with E-state index in [0.29, 0.717) is 23.6 Å². The Balaban J connectivity index is 1.91. The van der Waals surface area contributed by atoms with Crippen molar-refractivity contribution in [2.45, 2.75) is 33.7 Å². The van der Waals surface area contributed by atoms with Gasteiger partial charge in [0.05, 0.1) is 18.2 Å². The summed E-state index contributed by atoms with van der Waals surface area (Å²) in [6.07, 6.45) is 0. The fourth-order valence-electron chi connectivity index (χ4n) is 3.18. The number of carbonyl (C=O) groups is 2. The molecule has 0 radical (unpaired) electrons. The van der Waals surface area contributed by atoms with Crippen LogP contribution in [0.5, 0.6) is 0 Å². The molecular formula is C21H29N3O3. The van der Waals surface area contributed by atoms with Gasteiger partial charge >= 0.3 is 0 Å². The van der Waals surface area contributed by atoms with Crippen LogP contribution in [-0.4, -0.2) is 42.9 Å². The van der Waals surface area contributed by atoms with Crippen LogP contribution in [0.2, 0.25) is 0 Å². The van der Waals surface area contributed by atoms with Crippen LogP contribution in [0.1, 0.15) is 47.3 Å². The third-order valence-corrected chi connectivity index (χ3v) is 4.63. The first-order valence-corrected chi connectivity index (χ1v) is 9.37. The minimum atomic E-state index is -0.303. The van der Waals surface area contributed by atoms with Crippen molar-refractivity contribution < 1.29 is 14.0 Å². The number of hydrogen-bond acceptors (Lipinski definition) is 4. The monoisotopic (exact) mass is 371 g/mol. The van der Waals surface area contributed by atoms with E-state index in [2.05, 4.69) is 41.5 Å². The lowest BCUT2D eigenvalue weighted by molar-refractivity contribution is -0.120. The zero-order valence-electron chi connectivity index (χ0n) is 16.5.